The molecule has 1 saturated heterocycles. The number of likely N-dealkylation sites (tertiary alicyclic amines) is 1. The predicted molar refractivity (Wildman–Crippen MR) is 75.0 cm³/mol. The molecule has 0 aliphatic carbocycles. The number of carbonyl (C=O) groups excluding carboxylic acids is 1. The van der Waals surface area contributed by atoms with Crippen molar-refractivity contribution in [1.29, 1.82) is 0 Å². The number of rotatable bonds is 2. The molecule has 0 spiro atoms. The van der Waals surface area contributed by atoms with Crippen LogP contribution in [0.1, 0.15) is 43.6 Å². The summed E-state index contributed by atoms with van der Waals surface area (Å²) in [5, 5.41) is 8.09. The second-order valence-electron chi connectivity index (χ2n) is 5.32. The van der Waals surface area contributed by atoms with E-state index < -0.39 is 0 Å². The third kappa shape index (κ3) is 1.91. The Labute approximate surface area is 112 Å². The van der Waals surface area contributed by atoms with Crippen LogP contribution in [0.5, 0.6) is 0 Å². The van der Waals surface area contributed by atoms with Gasteiger partial charge < -0.3 is 4.90 Å². The van der Waals surface area contributed by atoms with Crippen LogP contribution in [-0.4, -0.2) is 33.1 Å². The van der Waals surface area contributed by atoms with Gasteiger partial charge in [0.2, 0.25) is 0 Å². The number of amides is 1. The fraction of sp³-hybridized carbons (Fsp3) is 0.467. The molecule has 2 aromatic rings. The fourth-order valence-electron chi connectivity index (χ4n) is 3.09. The van der Waals surface area contributed by atoms with Crippen molar-refractivity contribution in [3.63, 3.8) is 0 Å². The number of para-hydroxylation sites is 1. The van der Waals surface area contributed by atoms with E-state index in [-0.39, 0.29) is 5.91 Å². The second kappa shape index (κ2) is 4.68. The van der Waals surface area contributed by atoms with E-state index in [9.17, 15) is 4.79 Å². The first-order valence-electron chi connectivity index (χ1n) is 6.98. The van der Waals surface area contributed by atoms with Crippen LogP contribution < -0.4 is 0 Å². The molecule has 0 saturated carbocycles. The molecule has 1 aliphatic rings. The van der Waals surface area contributed by atoms with Gasteiger partial charge in [0, 0.05) is 17.5 Å². The summed E-state index contributed by atoms with van der Waals surface area (Å²) in [6.07, 6.45) is 3.21. The standard InChI is InChI=1S/C15H19N3O/c1-3-11-9-8-10(2)18(11)15(19)14-12-6-4-5-7-13(12)16-17-14/h4-7,10-11H,3,8-9H2,1-2H3,(H,16,17). The van der Waals surface area contributed by atoms with Gasteiger partial charge in [0.05, 0.1) is 5.52 Å². The minimum atomic E-state index is 0.0642. The number of aromatic amines is 1. The Morgan fingerprint density at radius 2 is 2.21 bits per heavy atom. The van der Waals surface area contributed by atoms with E-state index in [0.29, 0.717) is 17.8 Å². The highest BCUT2D eigenvalue weighted by molar-refractivity contribution is 6.04. The third-order valence-corrected chi connectivity index (χ3v) is 4.16. The highest BCUT2D eigenvalue weighted by atomic mass is 16.2. The molecule has 1 aliphatic heterocycles. The monoisotopic (exact) mass is 257 g/mol. The summed E-state index contributed by atoms with van der Waals surface area (Å²) in [5.41, 5.74) is 1.48. The number of hydrogen-bond acceptors (Lipinski definition) is 2. The van der Waals surface area contributed by atoms with Gasteiger partial charge in [-0.05, 0) is 32.3 Å². The van der Waals surface area contributed by atoms with Gasteiger partial charge in [0.1, 0.15) is 0 Å². The number of nitrogens with zero attached hydrogens (tertiary/aromatic N) is 2. The summed E-state index contributed by atoms with van der Waals surface area (Å²) in [5.74, 6) is 0.0642. The lowest BCUT2D eigenvalue weighted by Crippen LogP contribution is -2.39. The Hall–Kier alpha value is -1.84. The molecule has 100 valence electrons. The highest BCUT2D eigenvalue weighted by Gasteiger charge is 2.35. The summed E-state index contributed by atoms with van der Waals surface area (Å²) in [6.45, 7) is 4.27. The predicted octanol–water partition coefficient (Wildman–Crippen LogP) is 2.97. The zero-order valence-electron chi connectivity index (χ0n) is 11.4. The lowest BCUT2D eigenvalue weighted by Gasteiger charge is -2.27. The molecule has 0 radical (unpaired) electrons. The smallest absolute Gasteiger partial charge is 0.275 e. The Morgan fingerprint density at radius 1 is 1.42 bits per heavy atom. The summed E-state index contributed by atoms with van der Waals surface area (Å²) in [4.78, 5) is 14.8. The maximum Gasteiger partial charge on any atom is 0.275 e. The molecular formula is C15H19N3O. The number of carbonyl (C=O) groups is 1. The van der Waals surface area contributed by atoms with Crippen molar-refractivity contribution >= 4 is 16.8 Å². The van der Waals surface area contributed by atoms with Gasteiger partial charge in [-0.3, -0.25) is 9.89 Å². The van der Waals surface area contributed by atoms with Crippen molar-refractivity contribution in [2.24, 2.45) is 0 Å². The highest BCUT2D eigenvalue weighted by Crippen LogP contribution is 2.29. The maximum absolute atomic E-state index is 12.7. The molecule has 4 nitrogen and oxygen atoms in total. The minimum Gasteiger partial charge on any atom is -0.332 e. The maximum atomic E-state index is 12.7. The average molecular weight is 257 g/mol. The summed E-state index contributed by atoms with van der Waals surface area (Å²) in [6, 6.07) is 8.46. The van der Waals surface area contributed by atoms with Gasteiger partial charge in [0.25, 0.3) is 5.91 Å². The van der Waals surface area contributed by atoms with Crippen LogP contribution in [0.4, 0.5) is 0 Å². The van der Waals surface area contributed by atoms with Gasteiger partial charge >= 0.3 is 0 Å². The molecule has 1 aromatic carbocycles. The van der Waals surface area contributed by atoms with Crippen molar-refractivity contribution in [2.75, 3.05) is 0 Å². The van der Waals surface area contributed by atoms with Crippen LogP contribution in [0, 0.1) is 0 Å². The first-order chi connectivity index (χ1) is 9.22. The van der Waals surface area contributed by atoms with E-state index >= 15 is 0 Å². The first-order valence-corrected chi connectivity index (χ1v) is 6.98. The van der Waals surface area contributed by atoms with Crippen molar-refractivity contribution < 1.29 is 4.79 Å². The van der Waals surface area contributed by atoms with Gasteiger partial charge in [-0.25, -0.2) is 0 Å². The zero-order valence-corrected chi connectivity index (χ0v) is 11.4. The Bertz CT molecular complexity index is 604. The minimum absolute atomic E-state index is 0.0642. The third-order valence-electron chi connectivity index (χ3n) is 4.16. The normalized spacial score (nSPS) is 23.2. The van der Waals surface area contributed by atoms with Crippen LogP contribution >= 0.6 is 0 Å². The Morgan fingerprint density at radius 3 is 3.00 bits per heavy atom. The summed E-state index contributed by atoms with van der Waals surface area (Å²) in [7, 11) is 0. The van der Waals surface area contributed by atoms with Crippen LogP contribution in [0.3, 0.4) is 0 Å². The summed E-state index contributed by atoms with van der Waals surface area (Å²) < 4.78 is 0. The van der Waals surface area contributed by atoms with Gasteiger partial charge in [-0.15, -0.1) is 0 Å². The van der Waals surface area contributed by atoms with E-state index in [1.54, 1.807) is 0 Å². The topological polar surface area (TPSA) is 49.0 Å². The van der Waals surface area contributed by atoms with Gasteiger partial charge in [0.15, 0.2) is 5.69 Å². The lowest BCUT2D eigenvalue weighted by molar-refractivity contribution is 0.0672. The Balaban J connectivity index is 1.99. The van der Waals surface area contributed by atoms with Crippen molar-refractivity contribution in [1.82, 2.24) is 15.1 Å². The molecule has 1 N–H and O–H groups in total. The molecule has 1 aromatic heterocycles. The number of benzene rings is 1. The number of H-pyrrole nitrogens is 1. The van der Waals surface area contributed by atoms with Crippen molar-refractivity contribution in [3.8, 4) is 0 Å². The van der Waals surface area contributed by atoms with Crippen LogP contribution in [-0.2, 0) is 0 Å². The molecule has 19 heavy (non-hydrogen) atoms. The Kier molecular flexibility index (Phi) is 3.01. The van der Waals surface area contributed by atoms with E-state index in [4.69, 9.17) is 0 Å². The summed E-state index contributed by atoms with van der Waals surface area (Å²) >= 11 is 0. The molecule has 4 heteroatoms. The molecular weight excluding hydrogens is 238 g/mol. The lowest BCUT2D eigenvalue weighted by atomic mass is 10.1. The van der Waals surface area contributed by atoms with E-state index in [1.165, 1.54) is 0 Å². The number of aromatic nitrogens is 2. The van der Waals surface area contributed by atoms with Crippen LogP contribution in [0.25, 0.3) is 10.9 Å². The molecule has 1 fully saturated rings. The van der Waals surface area contributed by atoms with Crippen LogP contribution in [0.15, 0.2) is 24.3 Å². The molecule has 3 rings (SSSR count). The van der Waals surface area contributed by atoms with Crippen molar-refractivity contribution in [3.05, 3.63) is 30.0 Å². The number of hydrogen-bond donors (Lipinski definition) is 1. The second-order valence-corrected chi connectivity index (χ2v) is 5.32. The van der Waals surface area contributed by atoms with Gasteiger partial charge in [-0.1, -0.05) is 25.1 Å². The van der Waals surface area contributed by atoms with E-state index in [1.807, 2.05) is 29.2 Å². The largest absolute Gasteiger partial charge is 0.332 e. The van der Waals surface area contributed by atoms with Gasteiger partial charge in [-0.2, -0.15) is 5.10 Å². The molecule has 2 unspecified atom stereocenters. The quantitative estimate of drug-likeness (QED) is 0.899. The van der Waals surface area contributed by atoms with Crippen LogP contribution in [0.2, 0.25) is 0 Å². The molecule has 2 atom stereocenters. The molecule has 1 amide bonds. The average Bonchev–Trinajstić information content (AvgIpc) is 3.01. The van der Waals surface area contributed by atoms with Crippen molar-refractivity contribution in [2.45, 2.75) is 45.2 Å². The number of nitrogens with one attached hydrogen (secondary N) is 1. The first kappa shape index (κ1) is 12.2. The SMILES string of the molecule is CCC1CCC(C)N1C(=O)c1n[nH]c2ccccc12. The molecule has 2 heterocycles. The fourth-order valence-corrected chi connectivity index (χ4v) is 3.09. The van der Waals surface area contributed by atoms with E-state index in [2.05, 4.69) is 24.0 Å². The molecule has 0 bridgehead atoms. The zero-order chi connectivity index (χ0) is 13.4. The van der Waals surface area contributed by atoms with E-state index in [0.717, 1.165) is 30.2 Å². The number of fused-ring (bicyclic) bond motifs is 1.